The van der Waals surface area contributed by atoms with Crippen molar-refractivity contribution in [3.63, 3.8) is 0 Å². The van der Waals surface area contributed by atoms with Crippen molar-refractivity contribution in [3.05, 3.63) is 24.3 Å². The van der Waals surface area contributed by atoms with E-state index in [2.05, 4.69) is 4.99 Å². The summed E-state index contributed by atoms with van der Waals surface area (Å²) in [7, 11) is 1.52. The minimum absolute atomic E-state index is 0.163. The maximum atomic E-state index is 14.4. The maximum Gasteiger partial charge on any atom is 0.314 e. The van der Waals surface area contributed by atoms with Crippen molar-refractivity contribution in [2.45, 2.75) is 38.5 Å². The second-order valence-corrected chi connectivity index (χ2v) is 5.45. The molecule has 1 aromatic rings. The fourth-order valence-corrected chi connectivity index (χ4v) is 2.64. The Morgan fingerprint density at radius 2 is 2.00 bits per heavy atom. The van der Waals surface area contributed by atoms with Crippen LogP contribution < -0.4 is 4.74 Å². The number of carbonyl (C=O) groups is 1. The van der Waals surface area contributed by atoms with Crippen LogP contribution in [0.15, 0.2) is 29.3 Å². The first-order valence-corrected chi connectivity index (χ1v) is 7.75. The van der Waals surface area contributed by atoms with Gasteiger partial charge >= 0.3 is 5.97 Å². The van der Waals surface area contributed by atoms with Gasteiger partial charge in [-0.15, -0.1) is 0 Å². The van der Waals surface area contributed by atoms with Gasteiger partial charge in [-0.3, -0.25) is 9.79 Å². The van der Waals surface area contributed by atoms with E-state index in [-0.39, 0.29) is 13.0 Å². The predicted molar refractivity (Wildman–Crippen MR) is 83.6 cm³/mol. The van der Waals surface area contributed by atoms with Crippen molar-refractivity contribution in [2.24, 2.45) is 10.9 Å². The lowest BCUT2D eigenvalue weighted by Gasteiger charge is -2.21. The van der Waals surface area contributed by atoms with Gasteiger partial charge in [0.25, 0.3) is 5.92 Å². The van der Waals surface area contributed by atoms with Crippen LogP contribution in [0.3, 0.4) is 0 Å². The molecular weight excluding hydrogens is 304 g/mol. The lowest BCUT2D eigenvalue weighted by molar-refractivity contribution is -0.146. The molecule has 4 nitrogen and oxygen atoms in total. The molecule has 126 valence electrons. The molecule has 0 saturated heterocycles. The lowest BCUT2D eigenvalue weighted by Crippen LogP contribution is -2.37. The van der Waals surface area contributed by atoms with Crippen molar-refractivity contribution >= 4 is 17.4 Å². The van der Waals surface area contributed by atoms with Crippen LogP contribution in [0.2, 0.25) is 0 Å². The summed E-state index contributed by atoms with van der Waals surface area (Å²) in [6, 6.07) is 6.48. The topological polar surface area (TPSA) is 47.9 Å². The van der Waals surface area contributed by atoms with Gasteiger partial charge in [0.1, 0.15) is 17.4 Å². The smallest absolute Gasteiger partial charge is 0.314 e. The van der Waals surface area contributed by atoms with Gasteiger partial charge in [0, 0.05) is 6.42 Å². The number of rotatable bonds is 4. The molecule has 1 fully saturated rings. The van der Waals surface area contributed by atoms with Crippen LogP contribution in [0.4, 0.5) is 14.5 Å². The zero-order valence-electron chi connectivity index (χ0n) is 13.4. The number of esters is 1. The number of methoxy groups -OCH3 is 1. The average molecular weight is 325 g/mol. The largest absolute Gasteiger partial charge is 0.497 e. The van der Waals surface area contributed by atoms with Crippen molar-refractivity contribution in [1.82, 2.24) is 0 Å². The van der Waals surface area contributed by atoms with Gasteiger partial charge in [-0.25, -0.2) is 0 Å². The van der Waals surface area contributed by atoms with E-state index in [1.807, 2.05) is 0 Å². The number of carbonyl (C=O) groups excluding carboxylic acids is 1. The summed E-state index contributed by atoms with van der Waals surface area (Å²) in [6.45, 7) is 1.82. The highest BCUT2D eigenvalue weighted by Crippen LogP contribution is 2.35. The molecule has 1 saturated carbocycles. The SMILES string of the molecule is CCOC(=O)C1CCCCC(F)(F)C1=Nc1ccc(OC)cc1. The third kappa shape index (κ3) is 4.27. The standard InChI is InChI=1S/C17H21F2NO3/c1-3-23-16(21)14-6-4-5-11-17(18,19)15(14)20-12-7-9-13(22-2)10-8-12/h7-10,14H,3-6,11H2,1-2H3. The quantitative estimate of drug-likeness (QED) is 0.617. The number of benzene rings is 1. The van der Waals surface area contributed by atoms with Crippen LogP contribution in [0.5, 0.6) is 5.75 Å². The first-order valence-electron chi connectivity index (χ1n) is 7.75. The summed E-state index contributed by atoms with van der Waals surface area (Å²) < 4.78 is 38.9. The number of hydrogen-bond donors (Lipinski definition) is 0. The fourth-order valence-electron chi connectivity index (χ4n) is 2.64. The lowest BCUT2D eigenvalue weighted by atomic mass is 9.96. The first kappa shape index (κ1) is 17.4. The highest BCUT2D eigenvalue weighted by molar-refractivity contribution is 6.07. The zero-order chi connectivity index (χ0) is 16.9. The molecule has 0 spiro atoms. The molecule has 6 heteroatoms. The monoisotopic (exact) mass is 325 g/mol. The van der Waals surface area contributed by atoms with E-state index < -0.39 is 23.5 Å². The molecule has 0 aromatic heterocycles. The van der Waals surface area contributed by atoms with Gasteiger partial charge in [-0.05, 0) is 44.0 Å². The first-order chi connectivity index (χ1) is 11.0. The maximum absolute atomic E-state index is 14.4. The highest BCUT2D eigenvalue weighted by atomic mass is 19.3. The Morgan fingerprint density at radius 3 is 2.61 bits per heavy atom. The molecule has 2 rings (SSSR count). The van der Waals surface area contributed by atoms with E-state index in [4.69, 9.17) is 9.47 Å². The van der Waals surface area contributed by atoms with Crippen molar-refractivity contribution in [1.29, 1.82) is 0 Å². The molecule has 1 aliphatic carbocycles. The summed E-state index contributed by atoms with van der Waals surface area (Å²) in [6.07, 6.45) is 0.965. The molecule has 1 unspecified atom stereocenters. The number of hydrogen-bond acceptors (Lipinski definition) is 4. The Morgan fingerprint density at radius 1 is 1.30 bits per heavy atom. The Bertz CT molecular complexity index is 570. The van der Waals surface area contributed by atoms with Crippen LogP contribution >= 0.6 is 0 Å². The van der Waals surface area contributed by atoms with Gasteiger partial charge in [0.2, 0.25) is 0 Å². The third-order valence-corrected chi connectivity index (χ3v) is 3.83. The van der Waals surface area contributed by atoms with E-state index in [0.717, 1.165) is 0 Å². The Kier molecular flexibility index (Phi) is 5.69. The molecule has 23 heavy (non-hydrogen) atoms. The van der Waals surface area contributed by atoms with Gasteiger partial charge < -0.3 is 9.47 Å². The molecule has 0 bridgehead atoms. The summed E-state index contributed by atoms with van der Waals surface area (Å²) in [5.41, 5.74) is -0.0182. The van der Waals surface area contributed by atoms with Crippen LogP contribution in [0.25, 0.3) is 0 Å². The van der Waals surface area contributed by atoms with Gasteiger partial charge in [0.15, 0.2) is 0 Å². The molecule has 0 amide bonds. The Hall–Kier alpha value is -1.98. The Balaban J connectivity index is 2.39. The van der Waals surface area contributed by atoms with E-state index >= 15 is 0 Å². The Labute approximate surface area is 134 Å². The summed E-state index contributed by atoms with van der Waals surface area (Å²) in [5.74, 6) is -4.10. The van der Waals surface area contributed by atoms with E-state index in [1.165, 1.54) is 7.11 Å². The number of aliphatic imine (C=N–C) groups is 1. The summed E-state index contributed by atoms with van der Waals surface area (Å²) in [5, 5.41) is 0. The van der Waals surface area contributed by atoms with E-state index in [1.54, 1.807) is 31.2 Å². The van der Waals surface area contributed by atoms with Crippen LogP contribution in [-0.4, -0.2) is 31.3 Å². The zero-order valence-corrected chi connectivity index (χ0v) is 13.4. The second-order valence-electron chi connectivity index (χ2n) is 5.45. The van der Waals surface area contributed by atoms with Gasteiger partial charge in [-0.1, -0.05) is 6.42 Å². The minimum atomic E-state index is -3.10. The molecule has 0 aliphatic heterocycles. The number of ether oxygens (including phenoxy) is 2. The highest BCUT2D eigenvalue weighted by Gasteiger charge is 2.45. The van der Waals surface area contributed by atoms with Gasteiger partial charge in [-0.2, -0.15) is 8.78 Å². The fraction of sp³-hybridized carbons (Fsp3) is 0.529. The van der Waals surface area contributed by atoms with Crippen LogP contribution in [0, 0.1) is 5.92 Å². The third-order valence-electron chi connectivity index (χ3n) is 3.83. The molecule has 0 radical (unpaired) electrons. The molecule has 1 aliphatic rings. The average Bonchev–Trinajstić information content (AvgIpc) is 2.67. The molecule has 0 heterocycles. The van der Waals surface area contributed by atoms with Crippen molar-refractivity contribution in [3.8, 4) is 5.75 Å². The summed E-state index contributed by atoms with van der Waals surface area (Å²) in [4.78, 5) is 16.2. The number of halogens is 2. The van der Waals surface area contributed by atoms with Crippen LogP contribution in [0.1, 0.15) is 32.6 Å². The van der Waals surface area contributed by atoms with Crippen LogP contribution in [-0.2, 0) is 9.53 Å². The van der Waals surface area contributed by atoms with Gasteiger partial charge in [0.05, 0.1) is 19.4 Å². The van der Waals surface area contributed by atoms with Crippen molar-refractivity contribution in [2.75, 3.05) is 13.7 Å². The van der Waals surface area contributed by atoms with Crippen molar-refractivity contribution < 1.29 is 23.0 Å². The molecule has 1 aromatic carbocycles. The molecule has 0 N–H and O–H groups in total. The predicted octanol–water partition coefficient (Wildman–Crippen LogP) is 4.16. The normalized spacial score (nSPS) is 22.4. The second kappa shape index (κ2) is 7.53. The van der Waals surface area contributed by atoms with E-state index in [9.17, 15) is 13.6 Å². The molecule has 1 atom stereocenters. The van der Waals surface area contributed by atoms with E-state index in [0.29, 0.717) is 30.7 Å². The number of nitrogens with zero attached hydrogens (tertiary/aromatic N) is 1. The molecular formula is C17H21F2NO3. The summed E-state index contributed by atoms with van der Waals surface area (Å²) >= 11 is 0. The number of alkyl halides is 2. The minimum Gasteiger partial charge on any atom is -0.497 e.